The largest absolute Gasteiger partial charge is 0.455 e. The number of thioether (sulfide) groups is 1. The maximum atomic E-state index is 12.5. The van der Waals surface area contributed by atoms with E-state index >= 15 is 0 Å². The quantitative estimate of drug-likeness (QED) is 0.373. The number of nitrogens with zero attached hydrogens (tertiary/aromatic N) is 2. The fourth-order valence-corrected chi connectivity index (χ4v) is 3.46. The van der Waals surface area contributed by atoms with Crippen molar-refractivity contribution in [1.82, 2.24) is 15.2 Å². The molecule has 0 saturated heterocycles. The van der Waals surface area contributed by atoms with Crippen molar-refractivity contribution in [3.63, 3.8) is 0 Å². The summed E-state index contributed by atoms with van der Waals surface area (Å²) in [5.41, 5.74) is 3.91. The van der Waals surface area contributed by atoms with E-state index in [1.54, 1.807) is 0 Å². The molecule has 4 rings (SSSR count). The number of aryl methyl sites for hydroxylation is 2. The van der Waals surface area contributed by atoms with E-state index in [-0.39, 0.29) is 11.7 Å². The number of H-pyrrole nitrogens is 1. The SMILES string of the molecule is Cc1ccc(Oc2ccccc2NC(=O)CSc2n[nH]c(-c3ccc(C)cc3)n2)cc1. The standard InChI is InChI=1S/C24H22N4O2S/c1-16-7-11-18(12-8-16)23-26-24(28-27-23)31-15-22(29)25-20-5-3-4-6-21(20)30-19-13-9-17(2)10-14-19/h3-14H,15H2,1-2H3,(H,25,29)(H,26,27,28). The average molecular weight is 431 g/mol. The number of aromatic nitrogens is 3. The van der Waals surface area contributed by atoms with Gasteiger partial charge in [0.05, 0.1) is 11.4 Å². The second kappa shape index (κ2) is 9.49. The van der Waals surface area contributed by atoms with Crippen molar-refractivity contribution in [2.45, 2.75) is 19.0 Å². The summed E-state index contributed by atoms with van der Waals surface area (Å²) >= 11 is 1.27. The molecule has 4 aromatic rings. The van der Waals surface area contributed by atoms with Gasteiger partial charge in [-0.25, -0.2) is 4.98 Å². The molecule has 0 unspecified atom stereocenters. The van der Waals surface area contributed by atoms with Crippen molar-refractivity contribution in [3.05, 3.63) is 83.9 Å². The summed E-state index contributed by atoms with van der Waals surface area (Å²) in [5, 5.41) is 10.5. The molecule has 1 amide bonds. The van der Waals surface area contributed by atoms with Gasteiger partial charge in [-0.2, -0.15) is 0 Å². The smallest absolute Gasteiger partial charge is 0.234 e. The van der Waals surface area contributed by atoms with Gasteiger partial charge in [-0.1, -0.05) is 71.4 Å². The van der Waals surface area contributed by atoms with Crippen LogP contribution in [0.15, 0.2) is 78.0 Å². The van der Waals surface area contributed by atoms with Gasteiger partial charge in [0.25, 0.3) is 0 Å². The highest BCUT2D eigenvalue weighted by Crippen LogP contribution is 2.29. The number of amides is 1. The van der Waals surface area contributed by atoms with Crippen LogP contribution in [0.3, 0.4) is 0 Å². The van der Waals surface area contributed by atoms with E-state index in [4.69, 9.17) is 4.74 Å². The van der Waals surface area contributed by atoms with Crippen LogP contribution < -0.4 is 10.1 Å². The number of anilines is 1. The highest BCUT2D eigenvalue weighted by Gasteiger charge is 2.12. The van der Waals surface area contributed by atoms with Crippen molar-refractivity contribution < 1.29 is 9.53 Å². The number of ether oxygens (including phenoxy) is 1. The van der Waals surface area contributed by atoms with Gasteiger partial charge in [0.15, 0.2) is 11.6 Å². The monoisotopic (exact) mass is 430 g/mol. The molecule has 31 heavy (non-hydrogen) atoms. The van der Waals surface area contributed by atoms with E-state index in [1.807, 2.05) is 86.6 Å². The predicted molar refractivity (Wildman–Crippen MR) is 124 cm³/mol. The van der Waals surface area contributed by atoms with Crippen molar-refractivity contribution in [3.8, 4) is 22.9 Å². The highest BCUT2D eigenvalue weighted by atomic mass is 32.2. The molecule has 3 aromatic carbocycles. The number of para-hydroxylation sites is 2. The van der Waals surface area contributed by atoms with Crippen LogP contribution in [-0.2, 0) is 4.79 Å². The molecule has 1 heterocycles. The summed E-state index contributed by atoms with van der Waals surface area (Å²) in [6.07, 6.45) is 0. The molecule has 7 heteroatoms. The number of aromatic amines is 1. The molecule has 0 atom stereocenters. The van der Waals surface area contributed by atoms with Crippen molar-refractivity contribution in [2.24, 2.45) is 0 Å². The lowest BCUT2D eigenvalue weighted by Gasteiger charge is -2.12. The third kappa shape index (κ3) is 5.52. The summed E-state index contributed by atoms with van der Waals surface area (Å²) in [6.45, 7) is 4.06. The summed E-state index contributed by atoms with van der Waals surface area (Å²) in [6, 6.07) is 23.1. The lowest BCUT2D eigenvalue weighted by molar-refractivity contribution is -0.113. The van der Waals surface area contributed by atoms with Gasteiger partial charge in [-0.05, 0) is 38.1 Å². The van der Waals surface area contributed by atoms with Crippen LogP contribution in [0.5, 0.6) is 11.5 Å². The summed E-state index contributed by atoms with van der Waals surface area (Å²) in [5.74, 6) is 2.01. The molecule has 0 bridgehead atoms. The van der Waals surface area contributed by atoms with Gasteiger partial charge in [-0.15, -0.1) is 5.10 Å². The van der Waals surface area contributed by atoms with Crippen LogP contribution in [0.2, 0.25) is 0 Å². The van der Waals surface area contributed by atoms with E-state index < -0.39 is 0 Å². The average Bonchev–Trinajstić information content (AvgIpc) is 3.25. The van der Waals surface area contributed by atoms with Gasteiger partial charge < -0.3 is 10.1 Å². The highest BCUT2D eigenvalue weighted by molar-refractivity contribution is 7.99. The molecule has 0 spiro atoms. The number of carbonyl (C=O) groups excluding carboxylic acids is 1. The van der Waals surface area contributed by atoms with E-state index in [2.05, 4.69) is 20.5 Å². The molecular formula is C24H22N4O2S. The number of carbonyl (C=O) groups is 1. The molecule has 0 saturated carbocycles. The van der Waals surface area contributed by atoms with Crippen LogP contribution in [0.4, 0.5) is 5.69 Å². The minimum Gasteiger partial charge on any atom is -0.455 e. The first kappa shape index (κ1) is 20.7. The van der Waals surface area contributed by atoms with Crippen LogP contribution in [0.25, 0.3) is 11.4 Å². The van der Waals surface area contributed by atoms with Crippen molar-refractivity contribution in [2.75, 3.05) is 11.1 Å². The van der Waals surface area contributed by atoms with E-state index in [1.165, 1.54) is 17.3 Å². The van der Waals surface area contributed by atoms with Gasteiger partial charge in [0.1, 0.15) is 5.75 Å². The Hall–Kier alpha value is -3.58. The first-order chi connectivity index (χ1) is 15.1. The molecule has 6 nitrogen and oxygen atoms in total. The molecule has 0 aliphatic rings. The topological polar surface area (TPSA) is 79.9 Å². The number of rotatable bonds is 7. The number of hydrogen-bond donors (Lipinski definition) is 2. The minimum atomic E-state index is -0.161. The lowest BCUT2D eigenvalue weighted by Crippen LogP contribution is -2.14. The second-order valence-corrected chi connectivity index (χ2v) is 8.02. The summed E-state index contributed by atoms with van der Waals surface area (Å²) in [7, 11) is 0. The zero-order chi connectivity index (χ0) is 21.6. The number of nitrogens with one attached hydrogen (secondary N) is 2. The third-order valence-electron chi connectivity index (χ3n) is 4.53. The zero-order valence-corrected chi connectivity index (χ0v) is 18.1. The number of benzene rings is 3. The Morgan fingerprint density at radius 3 is 2.39 bits per heavy atom. The van der Waals surface area contributed by atoms with Gasteiger partial charge in [0.2, 0.25) is 11.1 Å². The zero-order valence-electron chi connectivity index (χ0n) is 17.3. The van der Waals surface area contributed by atoms with Gasteiger partial charge >= 0.3 is 0 Å². The van der Waals surface area contributed by atoms with Crippen LogP contribution in [-0.4, -0.2) is 26.8 Å². The van der Waals surface area contributed by atoms with E-state index in [9.17, 15) is 4.79 Å². The fraction of sp³-hybridized carbons (Fsp3) is 0.125. The Morgan fingerprint density at radius 1 is 0.968 bits per heavy atom. The van der Waals surface area contributed by atoms with Crippen LogP contribution in [0.1, 0.15) is 11.1 Å². The van der Waals surface area contributed by atoms with Gasteiger partial charge in [-0.3, -0.25) is 9.89 Å². The molecule has 156 valence electrons. The Morgan fingerprint density at radius 2 is 1.65 bits per heavy atom. The fourth-order valence-electron chi connectivity index (χ4n) is 2.86. The van der Waals surface area contributed by atoms with Crippen LogP contribution in [0, 0.1) is 13.8 Å². The van der Waals surface area contributed by atoms with Crippen molar-refractivity contribution in [1.29, 1.82) is 0 Å². The maximum Gasteiger partial charge on any atom is 0.234 e. The molecule has 0 radical (unpaired) electrons. The normalized spacial score (nSPS) is 10.6. The summed E-state index contributed by atoms with van der Waals surface area (Å²) in [4.78, 5) is 17.0. The maximum absolute atomic E-state index is 12.5. The van der Waals surface area contributed by atoms with E-state index in [0.717, 1.165) is 11.1 Å². The van der Waals surface area contributed by atoms with Crippen molar-refractivity contribution >= 4 is 23.4 Å². The molecule has 0 aliphatic carbocycles. The molecular weight excluding hydrogens is 408 g/mol. The third-order valence-corrected chi connectivity index (χ3v) is 5.38. The minimum absolute atomic E-state index is 0.161. The van der Waals surface area contributed by atoms with Crippen LogP contribution >= 0.6 is 11.8 Å². The Kier molecular flexibility index (Phi) is 6.33. The Bertz CT molecular complexity index is 1170. The van der Waals surface area contributed by atoms with Gasteiger partial charge in [0, 0.05) is 5.56 Å². The Balaban J connectivity index is 1.36. The Labute approximate surface area is 185 Å². The first-order valence-corrected chi connectivity index (χ1v) is 10.8. The molecule has 1 aromatic heterocycles. The lowest BCUT2D eigenvalue weighted by atomic mass is 10.1. The predicted octanol–water partition coefficient (Wildman–Crippen LogP) is 5.61. The van der Waals surface area contributed by atoms with E-state index in [0.29, 0.717) is 28.2 Å². The molecule has 0 aliphatic heterocycles. The second-order valence-electron chi connectivity index (χ2n) is 7.08. The number of hydrogen-bond acceptors (Lipinski definition) is 5. The molecule has 0 fully saturated rings. The first-order valence-electron chi connectivity index (χ1n) is 9.82. The molecule has 2 N–H and O–H groups in total. The summed E-state index contributed by atoms with van der Waals surface area (Å²) < 4.78 is 5.94.